The number of hydrogen-bond donors (Lipinski definition) is 1. The average molecular weight is 243 g/mol. The van der Waals surface area contributed by atoms with Crippen molar-refractivity contribution in [3.05, 3.63) is 23.9 Å². The van der Waals surface area contributed by atoms with Crippen LogP contribution in [0.1, 0.15) is 5.69 Å². The highest BCUT2D eigenvalue weighted by Crippen LogP contribution is 2.21. The minimum atomic E-state index is 0.622. The number of anilines is 1. The van der Waals surface area contributed by atoms with Crippen LogP contribution in [0.4, 0.5) is 5.82 Å². The summed E-state index contributed by atoms with van der Waals surface area (Å²) in [6, 6.07) is 5.73. The molecule has 0 aliphatic rings. The molecule has 0 saturated carbocycles. The Morgan fingerprint density at radius 2 is 2.06 bits per heavy atom. The molecule has 0 atom stereocenters. The number of aromatic amines is 1. The van der Waals surface area contributed by atoms with Gasteiger partial charge in [-0.15, -0.1) is 0 Å². The lowest BCUT2D eigenvalue weighted by Crippen LogP contribution is -2.10. The van der Waals surface area contributed by atoms with Crippen molar-refractivity contribution in [3.63, 3.8) is 0 Å². The number of aromatic nitrogens is 4. The molecule has 18 heavy (non-hydrogen) atoms. The molecule has 0 aliphatic heterocycles. The number of nitrogens with one attached hydrogen (secondary N) is 1. The zero-order chi connectivity index (χ0) is 12.7. The number of H-pyrrole nitrogens is 1. The topological polar surface area (TPSA) is 70.8 Å². The molecule has 0 amide bonds. The van der Waals surface area contributed by atoms with Crippen molar-refractivity contribution < 1.29 is 4.52 Å². The van der Waals surface area contributed by atoms with Crippen molar-refractivity contribution >= 4 is 17.0 Å². The maximum absolute atomic E-state index is 5.18. The second kappa shape index (κ2) is 3.83. The van der Waals surface area contributed by atoms with Gasteiger partial charge in [0.15, 0.2) is 11.5 Å². The van der Waals surface area contributed by atoms with E-state index in [2.05, 4.69) is 20.1 Å². The minimum absolute atomic E-state index is 0.622. The van der Waals surface area contributed by atoms with E-state index in [0.29, 0.717) is 17.2 Å². The fraction of sp³-hybridized carbons (Fsp3) is 0.250. The number of nitrogens with zero attached hydrogens (tertiary/aromatic N) is 4. The van der Waals surface area contributed by atoms with Gasteiger partial charge in [-0.2, -0.15) is 0 Å². The van der Waals surface area contributed by atoms with Gasteiger partial charge >= 0.3 is 0 Å². The van der Waals surface area contributed by atoms with E-state index in [1.807, 2.05) is 44.1 Å². The Morgan fingerprint density at radius 1 is 1.22 bits per heavy atom. The molecule has 0 radical (unpaired) electrons. The predicted molar refractivity (Wildman–Crippen MR) is 68.4 cm³/mol. The highest BCUT2D eigenvalue weighted by molar-refractivity contribution is 5.76. The number of hydrogen-bond acceptors (Lipinski definition) is 5. The lowest BCUT2D eigenvalue weighted by Gasteiger charge is -2.09. The van der Waals surface area contributed by atoms with Crippen LogP contribution >= 0.6 is 0 Å². The summed E-state index contributed by atoms with van der Waals surface area (Å²) in [5.74, 6) is 2.14. The second-order valence-corrected chi connectivity index (χ2v) is 4.35. The number of pyridine rings is 1. The molecule has 3 heterocycles. The number of aryl methyl sites for hydroxylation is 1. The third kappa shape index (κ3) is 1.71. The fourth-order valence-corrected chi connectivity index (χ4v) is 1.72. The fourth-order valence-electron chi connectivity index (χ4n) is 1.72. The van der Waals surface area contributed by atoms with Crippen LogP contribution in [0.3, 0.4) is 0 Å². The molecule has 0 aromatic carbocycles. The van der Waals surface area contributed by atoms with Crippen LogP contribution in [-0.2, 0) is 0 Å². The highest BCUT2D eigenvalue weighted by atomic mass is 16.5. The summed E-state index contributed by atoms with van der Waals surface area (Å²) >= 11 is 0. The van der Waals surface area contributed by atoms with Crippen molar-refractivity contribution in [2.24, 2.45) is 0 Å². The van der Waals surface area contributed by atoms with Gasteiger partial charge in [-0.05, 0) is 19.1 Å². The summed E-state index contributed by atoms with van der Waals surface area (Å²) in [4.78, 5) is 14.0. The van der Waals surface area contributed by atoms with Gasteiger partial charge in [0.25, 0.3) is 0 Å². The van der Waals surface area contributed by atoms with Crippen LogP contribution in [0.25, 0.3) is 22.7 Å². The summed E-state index contributed by atoms with van der Waals surface area (Å²) < 4.78 is 5.18. The third-order valence-electron chi connectivity index (χ3n) is 2.65. The van der Waals surface area contributed by atoms with E-state index in [-0.39, 0.29) is 0 Å². The first-order valence-corrected chi connectivity index (χ1v) is 5.61. The summed E-state index contributed by atoms with van der Waals surface area (Å²) in [6.07, 6.45) is 0. The lowest BCUT2D eigenvalue weighted by molar-refractivity contribution is 0.425. The van der Waals surface area contributed by atoms with Gasteiger partial charge in [0.05, 0.1) is 11.2 Å². The summed E-state index contributed by atoms with van der Waals surface area (Å²) in [5, 5.41) is 3.85. The van der Waals surface area contributed by atoms with Crippen molar-refractivity contribution in [2.45, 2.75) is 6.92 Å². The summed E-state index contributed by atoms with van der Waals surface area (Å²) in [5.41, 5.74) is 2.38. The number of fused-ring (bicyclic) bond motifs is 1. The highest BCUT2D eigenvalue weighted by Gasteiger charge is 2.11. The molecule has 1 N–H and O–H groups in total. The van der Waals surface area contributed by atoms with Gasteiger partial charge in [0.1, 0.15) is 5.82 Å². The lowest BCUT2D eigenvalue weighted by atomic mass is 10.4. The van der Waals surface area contributed by atoms with E-state index >= 15 is 0 Å². The molecule has 0 bridgehead atoms. The molecule has 0 unspecified atom stereocenters. The van der Waals surface area contributed by atoms with Crippen molar-refractivity contribution in [1.82, 2.24) is 20.1 Å². The van der Waals surface area contributed by atoms with Crippen LogP contribution in [0, 0.1) is 6.92 Å². The Kier molecular flexibility index (Phi) is 2.29. The van der Waals surface area contributed by atoms with E-state index in [4.69, 9.17) is 4.52 Å². The van der Waals surface area contributed by atoms with Crippen LogP contribution in [0.15, 0.2) is 22.7 Å². The monoisotopic (exact) mass is 243 g/mol. The van der Waals surface area contributed by atoms with Crippen LogP contribution in [0.2, 0.25) is 0 Å². The quantitative estimate of drug-likeness (QED) is 0.745. The Morgan fingerprint density at radius 3 is 2.72 bits per heavy atom. The van der Waals surface area contributed by atoms with Crippen molar-refractivity contribution in [3.8, 4) is 11.6 Å². The zero-order valence-electron chi connectivity index (χ0n) is 10.4. The normalized spacial score (nSPS) is 11.1. The molecule has 0 saturated heterocycles. The maximum atomic E-state index is 5.18. The third-order valence-corrected chi connectivity index (χ3v) is 2.65. The second-order valence-electron chi connectivity index (χ2n) is 4.35. The minimum Gasteiger partial charge on any atom is -0.363 e. The van der Waals surface area contributed by atoms with E-state index in [1.165, 1.54) is 0 Å². The van der Waals surface area contributed by atoms with E-state index in [9.17, 15) is 0 Å². The number of rotatable bonds is 2. The van der Waals surface area contributed by atoms with E-state index in [0.717, 1.165) is 17.0 Å². The van der Waals surface area contributed by atoms with Crippen LogP contribution < -0.4 is 4.90 Å². The molecule has 0 fully saturated rings. The summed E-state index contributed by atoms with van der Waals surface area (Å²) in [6.45, 7) is 1.87. The van der Waals surface area contributed by atoms with Gasteiger partial charge in [-0.3, -0.25) is 0 Å². The van der Waals surface area contributed by atoms with Gasteiger partial charge < -0.3 is 14.4 Å². The molecule has 92 valence electrons. The van der Waals surface area contributed by atoms with Crippen LogP contribution in [0.5, 0.6) is 0 Å². The molecule has 6 nitrogen and oxygen atoms in total. The predicted octanol–water partition coefficient (Wildman–Crippen LogP) is 1.99. The SMILES string of the molecule is Cc1cc(-c2nc3nc(N(C)C)ccc3[nH]2)on1. The Labute approximate surface area is 104 Å². The van der Waals surface area contributed by atoms with Crippen molar-refractivity contribution in [1.29, 1.82) is 0 Å². The average Bonchev–Trinajstić information content (AvgIpc) is 2.93. The standard InChI is InChI=1S/C12H13N5O/c1-7-6-9(18-16-7)12-13-8-4-5-10(17(2)3)14-11(8)15-12/h4-6H,1-3H3,(H,13,14,15). The van der Waals surface area contributed by atoms with Crippen LogP contribution in [-0.4, -0.2) is 34.2 Å². The molecule has 3 rings (SSSR count). The zero-order valence-corrected chi connectivity index (χ0v) is 10.4. The maximum Gasteiger partial charge on any atom is 0.202 e. The van der Waals surface area contributed by atoms with Gasteiger partial charge in [0.2, 0.25) is 5.76 Å². The molecule has 6 heteroatoms. The smallest absolute Gasteiger partial charge is 0.202 e. The largest absolute Gasteiger partial charge is 0.363 e. The first-order chi connectivity index (χ1) is 8.63. The molecular weight excluding hydrogens is 230 g/mol. The molecule has 0 aliphatic carbocycles. The first kappa shape index (κ1) is 10.8. The Bertz CT molecular complexity index is 697. The first-order valence-electron chi connectivity index (χ1n) is 5.61. The van der Waals surface area contributed by atoms with E-state index in [1.54, 1.807) is 0 Å². The Balaban J connectivity index is 2.11. The summed E-state index contributed by atoms with van der Waals surface area (Å²) in [7, 11) is 3.89. The molecular formula is C12H13N5O. The van der Waals surface area contributed by atoms with Gasteiger partial charge in [-0.25, -0.2) is 9.97 Å². The van der Waals surface area contributed by atoms with E-state index < -0.39 is 0 Å². The van der Waals surface area contributed by atoms with Gasteiger partial charge in [-0.1, -0.05) is 5.16 Å². The molecule has 0 spiro atoms. The molecule has 3 aromatic heterocycles. The number of imidazole rings is 1. The molecule has 3 aromatic rings. The van der Waals surface area contributed by atoms with Gasteiger partial charge in [0, 0.05) is 20.2 Å². The van der Waals surface area contributed by atoms with Crippen molar-refractivity contribution in [2.75, 3.05) is 19.0 Å². The Hall–Kier alpha value is -2.37.